The fourth-order valence-corrected chi connectivity index (χ4v) is 3.59. The van der Waals surface area contributed by atoms with Crippen molar-refractivity contribution >= 4 is 11.9 Å². The van der Waals surface area contributed by atoms with Crippen molar-refractivity contribution < 1.29 is 24.1 Å². The number of phenolic OH excluding ortho intramolecular Hbond substituents is 1. The Morgan fingerprint density at radius 1 is 0.750 bits per heavy atom. The molecule has 0 aliphatic heterocycles. The number of hydrogen-bond acceptors (Lipinski definition) is 5. The number of ether oxygens (including phenoxy) is 3. The number of ketones is 1. The van der Waals surface area contributed by atoms with E-state index in [4.69, 9.17) is 14.2 Å². The van der Waals surface area contributed by atoms with Crippen LogP contribution >= 0.6 is 0 Å². The molecule has 0 aliphatic carbocycles. The molecule has 4 aromatic carbocycles. The molecule has 0 aromatic heterocycles. The van der Waals surface area contributed by atoms with Crippen molar-refractivity contribution in [2.45, 2.75) is 20.1 Å². The van der Waals surface area contributed by atoms with Crippen molar-refractivity contribution in [1.29, 1.82) is 0 Å². The highest BCUT2D eigenvalue weighted by Crippen LogP contribution is 2.29. The first-order valence-electron chi connectivity index (χ1n) is 11.8. The van der Waals surface area contributed by atoms with Crippen LogP contribution in [0, 0.1) is 0 Å². The normalized spacial score (nSPS) is 10.8. The number of allylic oxidation sites excluding steroid dienone is 1. The minimum atomic E-state index is -0.239. The summed E-state index contributed by atoms with van der Waals surface area (Å²) >= 11 is 0. The zero-order chi connectivity index (χ0) is 25.2. The summed E-state index contributed by atoms with van der Waals surface area (Å²) in [5, 5.41) is 9.75. The molecule has 0 heterocycles. The van der Waals surface area contributed by atoms with Gasteiger partial charge in [0.1, 0.15) is 36.2 Å². The van der Waals surface area contributed by atoms with Crippen molar-refractivity contribution in [3.05, 3.63) is 125 Å². The fourth-order valence-electron chi connectivity index (χ4n) is 3.59. The minimum absolute atomic E-state index is 0.0432. The van der Waals surface area contributed by atoms with Crippen LogP contribution in [0.15, 0.2) is 103 Å². The van der Waals surface area contributed by atoms with E-state index in [1.165, 1.54) is 18.2 Å². The summed E-state index contributed by atoms with van der Waals surface area (Å²) in [6.45, 7) is 3.03. The lowest BCUT2D eigenvalue weighted by Gasteiger charge is -2.13. The Bertz CT molecular complexity index is 1310. The van der Waals surface area contributed by atoms with Crippen molar-refractivity contribution in [3.63, 3.8) is 0 Å². The second kappa shape index (κ2) is 12.3. The Balaban J connectivity index is 1.56. The summed E-state index contributed by atoms with van der Waals surface area (Å²) in [5.74, 6) is 1.42. The third-order valence-electron chi connectivity index (χ3n) is 5.42. The van der Waals surface area contributed by atoms with E-state index < -0.39 is 0 Å². The number of carbonyl (C=O) groups is 1. The van der Waals surface area contributed by atoms with E-state index >= 15 is 0 Å². The SMILES string of the molecule is CCOc1cc(O)ccc1C(=O)C=Cc1ccc(OCc2ccccc2)cc1OCc1ccccc1. The summed E-state index contributed by atoms with van der Waals surface area (Å²) in [7, 11) is 0. The van der Waals surface area contributed by atoms with Crippen LogP contribution < -0.4 is 14.2 Å². The number of carbonyl (C=O) groups excluding carboxylic acids is 1. The molecule has 1 N–H and O–H groups in total. The molecule has 0 radical (unpaired) electrons. The highest BCUT2D eigenvalue weighted by molar-refractivity contribution is 6.08. The van der Waals surface area contributed by atoms with Gasteiger partial charge in [0, 0.05) is 17.7 Å². The zero-order valence-electron chi connectivity index (χ0n) is 20.1. The van der Waals surface area contributed by atoms with Crippen LogP contribution in [0.4, 0.5) is 0 Å². The molecule has 4 aromatic rings. The molecule has 0 amide bonds. The molecule has 0 saturated heterocycles. The highest BCUT2D eigenvalue weighted by atomic mass is 16.5. The van der Waals surface area contributed by atoms with E-state index in [1.807, 2.05) is 85.8 Å². The fraction of sp³-hybridized carbons (Fsp3) is 0.129. The molecule has 0 saturated carbocycles. The van der Waals surface area contributed by atoms with Crippen LogP contribution in [0.25, 0.3) is 6.08 Å². The number of hydrogen-bond donors (Lipinski definition) is 1. The van der Waals surface area contributed by atoms with Gasteiger partial charge in [-0.3, -0.25) is 4.79 Å². The Labute approximate surface area is 211 Å². The number of aromatic hydroxyl groups is 1. The standard InChI is InChI=1S/C31H28O5/c1-2-34-31-19-26(32)15-17-28(31)29(33)18-14-25-13-16-27(35-21-23-9-5-3-6-10-23)20-30(25)36-22-24-11-7-4-8-12-24/h3-20,32H,2,21-22H2,1H3. The molecule has 0 spiro atoms. The lowest BCUT2D eigenvalue weighted by atomic mass is 10.1. The predicted octanol–water partition coefficient (Wildman–Crippen LogP) is 6.85. The maximum Gasteiger partial charge on any atom is 0.189 e. The van der Waals surface area contributed by atoms with Gasteiger partial charge in [-0.15, -0.1) is 0 Å². The van der Waals surface area contributed by atoms with Crippen molar-refractivity contribution in [2.75, 3.05) is 6.61 Å². The molecular formula is C31H28O5. The third kappa shape index (κ3) is 6.76. The molecule has 5 heteroatoms. The van der Waals surface area contributed by atoms with Gasteiger partial charge >= 0.3 is 0 Å². The van der Waals surface area contributed by atoms with Gasteiger partial charge in [0.2, 0.25) is 0 Å². The number of benzene rings is 4. The number of phenols is 1. The van der Waals surface area contributed by atoms with Crippen LogP contribution in [0.2, 0.25) is 0 Å². The summed E-state index contributed by atoms with van der Waals surface area (Å²) in [4.78, 5) is 12.9. The van der Waals surface area contributed by atoms with Gasteiger partial charge in [0.15, 0.2) is 5.78 Å². The predicted molar refractivity (Wildman–Crippen MR) is 141 cm³/mol. The van der Waals surface area contributed by atoms with Gasteiger partial charge in [0.05, 0.1) is 12.2 Å². The highest BCUT2D eigenvalue weighted by Gasteiger charge is 2.12. The van der Waals surface area contributed by atoms with Gasteiger partial charge in [0.25, 0.3) is 0 Å². The first-order chi connectivity index (χ1) is 17.6. The Morgan fingerprint density at radius 2 is 1.42 bits per heavy atom. The maximum atomic E-state index is 12.9. The average molecular weight is 481 g/mol. The lowest BCUT2D eigenvalue weighted by molar-refractivity contribution is 0.104. The van der Waals surface area contributed by atoms with Crippen LogP contribution in [0.3, 0.4) is 0 Å². The molecular weight excluding hydrogens is 452 g/mol. The molecule has 0 unspecified atom stereocenters. The topological polar surface area (TPSA) is 65.0 Å². The lowest BCUT2D eigenvalue weighted by Crippen LogP contribution is -2.02. The van der Waals surface area contributed by atoms with E-state index in [0.29, 0.717) is 42.6 Å². The second-order valence-electron chi connectivity index (χ2n) is 8.06. The van der Waals surface area contributed by atoms with E-state index in [1.54, 1.807) is 12.1 Å². The van der Waals surface area contributed by atoms with E-state index in [9.17, 15) is 9.90 Å². The summed E-state index contributed by atoms with van der Waals surface area (Å²) in [6.07, 6.45) is 3.19. The van der Waals surface area contributed by atoms with Gasteiger partial charge in [-0.1, -0.05) is 60.7 Å². The van der Waals surface area contributed by atoms with E-state index in [-0.39, 0.29) is 11.5 Å². The number of rotatable bonds is 11. The van der Waals surface area contributed by atoms with Crippen molar-refractivity contribution in [2.24, 2.45) is 0 Å². The molecule has 36 heavy (non-hydrogen) atoms. The molecule has 0 bridgehead atoms. The zero-order valence-corrected chi connectivity index (χ0v) is 20.1. The molecule has 4 rings (SSSR count). The summed E-state index contributed by atoms with van der Waals surface area (Å²) in [5.41, 5.74) is 3.21. The summed E-state index contributed by atoms with van der Waals surface area (Å²) < 4.78 is 17.6. The Morgan fingerprint density at radius 3 is 2.08 bits per heavy atom. The minimum Gasteiger partial charge on any atom is -0.508 e. The van der Waals surface area contributed by atoms with E-state index in [0.717, 1.165) is 16.7 Å². The van der Waals surface area contributed by atoms with Gasteiger partial charge in [-0.2, -0.15) is 0 Å². The average Bonchev–Trinajstić information content (AvgIpc) is 2.91. The smallest absolute Gasteiger partial charge is 0.189 e. The maximum absolute atomic E-state index is 12.9. The second-order valence-corrected chi connectivity index (χ2v) is 8.06. The van der Waals surface area contributed by atoms with Crippen LogP contribution in [0.1, 0.15) is 34.0 Å². The molecule has 0 fully saturated rings. The first-order valence-corrected chi connectivity index (χ1v) is 11.8. The molecule has 5 nitrogen and oxygen atoms in total. The first kappa shape index (κ1) is 24.6. The van der Waals surface area contributed by atoms with E-state index in [2.05, 4.69) is 0 Å². The van der Waals surface area contributed by atoms with Crippen LogP contribution in [0.5, 0.6) is 23.0 Å². The third-order valence-corrected chi connectivity index (χ3v) is 5.42. The monoisotopic (exact) mass is 480 g/mol. The summed E-state index contributed by atoms with van der Waals surface area (Å²) in [6, 6.07) is 29.8. The Hall–Kier alpha value is -4.51. The van der Waals surface area contributed by atoms with Crippen molar-refractivity contribution in [3.8, 4) is 23.0 Å². The van der Waals surface area contributed by atoms with Gasteiger partial charge in [-0.25, -0.2) is 0 Å². The van der Waals surface area contributed by atoms with Gasteiger partial charge < -0.3 is 19.3 Å². The molecule has 0 aliphatic rings. The Kier molecular flexibility index (Phi) is 8.39. The quantitative estimate of drug-likeness (QED) is 0.188. The molecule has 182 valence electrons. The van der Waals surface area contributed by atoms with Gasteiger partial charge in [-0.05, 0) is 54.5 Å². The largest absolute Gasteiger partial charge is 0.508 e. The van der Waals surface area contributed by atoms with Crippen LogP contribution in [-0.2, 0) is 13.2 Å². The van der Waals surface area contributed by atoms with Crippen LogP contribution in [-0.4, -0.2) is 17.5 Å². The molecule has 0 atom stereocenters. The van der Waals surface area contributed by atoms with Crippen molar-refractivity contribution in [1.82, 2.24) is 0 Å².